The van der Waals surface area contributed by atoms with E-state index in [1.807, 2.05) is 42.5 Å². The zero-order valence-corrected chi connectivity index (χ0v) is 10.4. The second-order valence-corrected chi connectivity index (χ2v) is 3.88. The Balaban J connectivity index is 2.42. The van der Waals surface area contributed by atoms with Crippen LogP contribution < -0.4 is 0 Å². The van der Waals surface area contributed by atoms with Gasteiger partial charge in [-0.2, -0.15) is 0 Å². The normalized spacial score (nSPS) is 10.3. The SMILES string of the molecule is CO/C=C/C=C(c1ccccc1)c1ccccc1. The minimum absolute atomic E-state index is 1.18. The summed E-state index contributed by atoms with van der Waals surface area (Å²) in [5.74, 6) is 0. The Bertz CT molecular complexity index is 483. The zero-order valence-electron chi connectivity index (χ0n) is 10.4. The van der Waals surface area contributed by atoms with E-state index >= 15 is 0 Å². The average molecular weight is 236 g/mol. The third-order valence-corrected chi connectivity index (χ3v) is 2.65. The van der Waals surface area contributed by atoms with Crippen LogP contribution in [0, 0.1) is 0 Å². The summed E-state index contributed by atoms with van der Waals surface area (Å²) in [6, 6.07) is 20.7. The van der Waals surface area contributed by atoms with Gasteiger partial charge in [-0.3, -0.25) is 0 Å². The first kappa shape index (κ1) is 12.2. The van der Waals surface area contributed by atoms with Gasteiger partial charge < -0.3 is 4.74 Å². The van der Waals surface area contributed by atoms with Crippen LogP contribution in [0.2, 0.25) is 0 Å². The summed E-state index contributed by atoms with van der Waals surface area (Å²) in [6.45, 7) is 0. The maximum atomic E-state index is 4.94. The molecular weight excluding hydrogens is 220 g/mol. The van der Waals surface area contributed by atoms with E-state index in [1.165, 1.54) is 16.7 Å². The summed E-state index contributed by atoms with van der Waals surface area (Å²) in [5, 5.41) is 0. The Morgan fingerprint density at radius 1 is 0.833 bits per heavy atom. The van der Waals surface area contributed by atoms with Crippen molar-refractivity contribution in [1.29, 1.82) is 0 Å². The van der Waals surface area contributed by atoms with E-state index in [1.54, 1.807) is 13.4 Å². The number of hydrogen-bond acceptors (Lipinski definition) is 1. The number of benzene rings is 2. The van der Waals surface area contributed by atoms with Crippen molar-refractivity contribution in [2.24, 2.45) is 0 Å². The first-order valence-corrected chi connectivity index (χ1v) is 5.92. The van der Waals surface area contributed by atoms with E-state index in [0.29, 0.717) is 0 Å². The van der Waals surface area contributed by atoms with Gasteiger partial charge in [-0.25, -0.2) is 0 Å². The van der Waals surface area contributed by atoms with E-state index in [-0.39, 0.29) is 0 Å². The number of allylic oxidation sites excluding steroid dienone is 2. The topological polar surface area (TPSA) is 9.23 Å². The first-order valence-electron chi connectivity index (χ1n) is 5.92. The first-order chi connectivity index (χ1) is 8.92. The quantitative estimate of drug-likeness (QED) is 0.568. The van der Waals surface area contributed by atoms with Gasteiger partial charge in [0, 0.05) is 0 Å². The highest BCUT2D eigenvalue weighted by atomic mass is 16.5. The molecule has 0 aromatic heterocycles. The van der Waals surface area contributed by atoms with Crippen LogP contribution in [0.4, 0.5) is 0 Å². The van der Waals surface area contributed by atoms with Crippen LogP contribution in [0.15, 0.2) is 79.1 Å². The Labute approximate surface area is 108 Å². The molecule has 2 aromatic rings. The number of ether oxygens (including phenoxy) is 1. The lowest BCUT2D eigenvalue weighted by Gasteiger charge is -2.07. The molecule has 0 spiro atoms. The molecule has 2 aromatic carbocycles. The number of methoxy groups -OCH3 is 1. The fourth-order valence-corrected chi connectivity index (χ4v) is 1.81. The molecule has 0 atom stereocenters. The second-order valence-electron chi connectivity index (χ2n) is 3.88. The van der Waals surface area contributed by atoms with Gasteiger partial charge in [0.1, 0.15) is 0 Å². The van der Waals surface area contributed by atoms with Crippen LogP contribution in [-0.4, -0.2) is 7.11 Å². The predicted octanol–water partition coefficient (Wildman–Crippen LogP) is 4.28. The van der Waals surface area contributed by atoms with Crippen molar-refractivity contribution < 1.29 is 4.74 Å². The van der Waals surface area contributed by atoms with E-state index in [2.05, 4.69) is 30.3 Å². The maximum Gasteiger partial charge on any atom is 0.0824 e. The summed E-state index contributed by atoms with van der Waals surface area (Å²) in [7, 11) is 1.65. The lowest BCUT2D eigenvalue weighted by molar-refractivity contribution is 0.338. The average Bonchev–Trinajstić information content (AvgIpc) is 2.46. The molecule has 18 heavy (non-hydrogen) atoms. The van der Waals surface area contributed by atoms with Crippen LogP contribution in [0.25, 0.3) is 5.57 Å². The van der Waals surface area contributed by atoms with Crippen LogP contribution in [0.1, 0.15) is 11.1 Å². The highest BCUT2D eigenvalue weighted by Crippen LogP contribution is 2.22. The molecule has 0 radical (unpaired) electrons. The molecule has 0 bridgehead atoms. The third kappa shape index (κ3) is 3.11. The van der Waals surface area contributed by atoms with Crippen LogP contribution in [0.5, 0.6) is 0 Å². The van der Waals surface area contributed by atoms with Gasteiger partial charge in [0.25, 0.3) is 0 Å². The lowest BCUT2D eigenvalue weighted by atomic mass is 9.98. The molecule has 0 unspecified atom stereocenters. The van der Waals surface area contributed by atoms with Crippen molar-refractivity contribution in [1.82, 2.24) is 0 Å². The molecule has 0 saturated carbocycles. The molecule has 0 saturated heterocycles. The standard InChI is InChI=1S/C17H16O/c1-18-14-8-13-17(15-9-4-2-5-10-15)16-11-6-3-7-12-16/h2-14H,1H3/b14-8+. The molecule has 1 heteroatoms. The fourth-order valence-electron chi connectivity index (χ4n) is 1.81. The van der Waals surface area contributed by atoms with Gasteiger partial charge in [-0.1, -0.05) is 66.7 Å². The summed E-state index contributed by atoms with van der Waals surface area (Å²) in [4.78, 5) is 0. The Hall–Kier alpha value is -2.28. The molecule has 0 N–H and O–H groups in total. The summed E-state index contributed by atoms with van der Waals surface area (Å²) in [5.41, 5.74) is 3.58. The molecule has 2 rings (SSSR count). The summed E-state index contributed by atoms with van der Waals surface area (Å²) in [6.07, 6.45) is 5.65. The largest absolute Gasteiger partial charge is 0.504 e. The van der Waals surface area contributed by atoms with Gasteiger partial charge in [0.05, 0.1) is 13.4 Å². The predicted molar refractivity (Wildman–Crippen MR) is 76.1 cm³/mol. The van der Waals surface area contributed by atoms with Gasteiger partial charge in [-0.15, -0.1) is 0 Å². The van der Waals surface area contributed by atoms with Crippen LogP contribution in [-0.2, 0) is 4.74 Å². The minimum atomic E-state index is 1.18. The fraction of sp³-hybridized carbons (Fsp3) is 0.0588. The molecule has 0 aliphatic carbocycles. The van der Waals surface area contributed by atoms with Crippen molar-refractivity contribution in [3.63, 3.8) is 0 Å². The Morgan fingerprint density at radius 2 is 1.33 bits per heavy atom. The van der Waals surface area contributed by atoms with Crippen LogP contribution >= 0.6 is 0 Å². The minimum Gasteiger partial charge on any atom is -0.504 e. The molecule has 0 amide bonds. The molecule has 1 nitrogen and oxygen atoms in total. The van der Waals surface area contributed by atoms with E-state index in [9.17, 15) is 0 Å². The number of rotatable bonds is 4. The zero-order chi connectivity index (χ0) is 12.6. The van der Waals surface area contributed by atoms with E-state index in [4.69, 9.17) is 4.74 Å². The van der Waals surface area contributed by atoms with Crippen molar-refractivity contribution in [3.05, 3.63) is 90.2 Å². The highest BCUT2D eigenvalue weighted by Gasteiger charge is 2.02. The Kier molecular flexibility index (Phi) is 4.37. The van der Waals surface area contributed by atoms with E-state index < -0.39 is 0 Å². The smallest absolute Gasteiger partial charge is 0.0824 e. The second kappa shape index (κ2) is 6.45. The lowest BCUT2D eigenvalue weighted by Crippen LogP contribution is -1.86. The molecule has 0 aliphatic heterocycles. The van der Waals surface area contributed by atoms with E-state index in [0.717, 1.165) is 0 Å². The highest BCUT2D eigenvalue weighted by molar-refractivity contribution is 5.80. The third-order valence-electron chi connectivity index (χ3n) is 2.65. The summed E-state index contributed by atoms with van der Waals surface area (Å²) < 4.78 is 4.94. The maximum absolute atomic E-state index is 4.94. The molecule has 90 valence electrons. The molecule has 0 aliphatic rings. The van der Waals surface area contributed by atoms with Gasteiger partial charge in [-0.05, 0) is 22.8 Å². The molecule has 0 fully saturated rings. The molecule has 0 heterocycles. The Morgan fingerprint density at radius 3 is 1.78 bits per heavy atom. The van der Waals surface area contributed by atoms with Crippen molar-refractivity contribution in [2.75, 3.05) is 7.11 Å². The van der Waals surface area contributed by atoms with Crippen molar-refractivity contribution in [2.45, 2.75) is 0 Å². The molecular formula is C17H16O. The summed E-state index contributed by atoms with van der Waals surface area (Å²) >= 11 is 0. The van der Waals surface area contributed by atoms with Crippen molar-refractivity contribution >= 4 is 5.57 Å². The van der Waals surface area contributed by atoms with Gasteiger partial charge in [0.15, 0.2) is 0 Å². The number of hydrogen-bond donors (Lipinski definition) is 0. The van der Waals surface area contributed by atoms with Crippen LogP contribution in [0.3, 0.4) is 0 Å². The van der Waals surface area contributed by atoms with Crippen molar-refractivity contribution in [3.8, 4) is 0 Å². The van der Waals surface area contributed by atoms with Gasteiger partial charge in [0.2, 0.25) is 0 Å². The monoisotopic (exact) mass is 236 g/mol. The van der Waals surface area contributed by atoms with Gasteiger partial charge >= 0.3 is 0 Å².